The molecule has 16 heavy (non-hydrogen) atoms. The minimum atomic E-state index is 0.588. The summed E-state index contributed by atoms with van der Waals surface area (Å²) in [6.45, 7) is 0. The summed E-state index contributed by atoms with van der Waals surface area (Å²) in [5.74, 6) is 5.98. The van der Waals surface area contributed by atoms with Crippen molar-refractivity contribution in [3.63, 3.8) is 0 Å². The van der Waals surface area contributed by atoms with Crippen molar-refractivity contribution in [1.29, 1.82) is 0 Å². The molecule has 82 valence electrons. The highest BCUT2D eigenvalue weighted by Crippen LogP contribution is 2.32. The summed E-state index contributed by atoms with van der Waals surface area (Å²) in [7, 11) is 0. The van der Waals surface area contributed by atoms with Gasteiger partial charge in [-0.1, -0.05) is 47.5 Å². The first-order chi connectivity index (χ1) is 7.70. The number of hydrazine groups is 1. The monoisotopic (exact) mass is 252 g/mol. The molecule has 2 nitrogen and oxygen atoms in total. The Hall–Kier alpha value is -1.22. The van der Waals surface area contributed by atoms with E-state index in [0.717, 1.165) is 11.4 Å². The molecular formula is C12H10Cl2N2. The summed E-state index contributed by atoms with van der Waals surface area (Å²) in [5, 5.41) is 2.65. The zero-order chi connectivity index (χ0) is 11.5. The molecule has 0 aliphatic carbocycles. The van der Waals surface area contributed by atoms with Crippen molar-refractivity contribution < 1.29 is 0 Å². The van der Waals surface area contributed by atoms with Crippen LogP contribution in [-0.4, -0.2) is 0 Å². The van der Waals surface area contributed by atoms with E-state index in [1.165, 1.54) is 5.01 Å². The first kappa shape index (κ1) is 11.3. The normalized spacial score (nSPS) is 10.2. The Morgan fingerprint density at radius 3 is 1.50 bits per heavy atom. The number of halogens is 2. The average molecular weight is 253 g/mol. The third-order valence-electron chi connectivity index (χ3n) is 2.22. The Morgan fingerprint density at radius 1 is 0.750 bits per heavy atom. The largest absolute Gasteiger partial charge is 0.277 e. The van der Waals surface area contributed by atoms with Gasteiger partial charge in [0.15, 0.2) is 0 Å². The Bertz CT molecular complexity index is 454. The number of rotatable bonds is 2. The molecule has 0 aliphatic heterocycles. The SMILES string of the molecule is NN(c1ccccc1Cl)c1ccccc1Cl. The molecule has 0 bridgehead atoms. The number of hydrogen-bond acceptors (Lipinski definition) is 2. The average Bonchev–Trinajstić information content (AvgIpc) is 2.29. The fraction of sp³-hybridized carbons (Fsp3) is 0. The minimum Gasteiger partial charge on any atom is -0.277 e. The van der Waals surface area contributed by atoms with Gasteiger partial charge in [0.05, 0.1) is 21.4 Å². The van der Waals surface area contributed by atoms with E-state index in [1.807, 2.05) is 36.4 Å². The quantitative estimate of drug-likeness (QED) is 0.647. The van der Waals surface area contributed by atoms with Crippen LogP contribution >= 0.6 is 23.2 Å². The van der Waals surface area contributed by atoms with Gasteiger partial charge in [0, 0.05) is 0 Å². The van der Waals surface area contributed by atoms with Crippen LogP contribution in [0.1, 0.15) is 0 Å². The third-order valence-corrected chi connectivity index (χ3v) is 2.86. The third kappa shape index (κ3) is 2.14. The van der Waals surface area contributed by atoms with E-state index in [2.05, 4.69) is 0 Å². The van der Waals surface area contributed by atoms with E-state index in [-0.39, 0.29) is 0 Å². The second-order valence-electron chi connectivity index (χ2n) is 3.27. The Labute approximate surface area is 104 Å². The molecule has 0 saturated carbocycles. The van der Waals surface area contributed by atoms with Crippen molar-refractivity contribution in [1.82, 2.24) is 0 Å². The van der Waals surface area contributed by atoms with Crippen LogP contribution in [0.25, 0.3) is 0 Å². The number of nitrogens with zero attached hydrogens (tertiary/aromatic N) is 1. The molecule has 0 atom stereocenters. The van der Waals surface area contributed by atoms with Gasteiger partial charge in [-0.2, -0.15) is 0 Å². The van der Waals surface area contributed by atoms with Gasteiger partial charge in [0.2, 0.25) is 0 Å². The van der Waals surface area contributed by atoms with E-state index < -0.39 is 0 Å². The van der Waals surface area contributed by atoms with Crippen LogP contribution in [0.4, 0.5) is 11.4 Å². The van der Waals surface area contributed by atoms with Crippen molar-refractivity contribution in [3.8, 4) is 0 Å². The summed E-state index contributed by atoms with van der Waals surface area (Å²) in [6, 6.07) is 14.7. The van der Waals surface area contributed by atoms with Crippen molar-refractivity contribution in [2.75, 3.05) is 5.01 Å². The summed E-state index contributed by atoms with van der Waals surface area (Å²) >= 11 is 12.1. The molecule has 2 aromatic carbocycles. The molecule has 0 unspecified atom stereocenters. The Balaban J connectivity index is 2.44. The van der Waals surface area contributed by atoms with E-state index in [0.29, 0.717) is 10.0 Å². The highest BCUT2D eigenvalue weighted by Gasteiger charge is 2.10. The fourth-order valence-corrected chi connectivity index (χ4v) is 1.88. The van der Waals surface area contributed by atoms with Crippen molar-refractivity contribution in [2.24, 2.45) is 5.84 Å². The summed E-state index contributed by atoms with van der Waals surface area (Å²) in [4.78, 5) is 0. The van der Waals surface area contributed by atoms with Gasteiger partial charge in [-0.3, -0.25) is 5.01 Å². The van der Waals surface area contributed by atoms with Crippen molar-refractivity contribution in [3.05, 3.63) is 58.6 Å². The Morgan fingerprint density at radius 2 is 1.12 bits per heavy atom. The van der Waals surface area contributed by atoms with E-state index in [4.69, 9.17) is 29.0 Å². The highest BCUT2D eigenvalue weighted by atomic mass is 35.5. The lowest BCUT2D eigenvalue weighted by molar-refractivity contribution is 1.09. The van der Waals surface area contributed by atoms with Gasteiger partial charge < -0.3 is 0 Å². The van der Waals surface area contributed by atoms with Crippen LogP contribution < -0.4 is 10.9 Å². The molecule has 0 aliphatic rings. The lowest BCUT2D eigenvalue weighted by Gasteiger charge is -2.20. The second-order valence-corrected chi connectivity index (χ2v) is 4.09. The number of hydrogen-bond donors (Lipinski definition) is 1. The minimum absolute atomic E-state index is 0.588. The molecule has 0 saturated heterocycles. The summed E-state index contributed by atoms with van der Waals surface area (Å²) in [5.41, 5.74) is 1.44. The molecule has 2 aromatic rings. The molecule has 0 heterocycles. The van der Waals surface area contributed by atoms with E-state index in [1.54, 1.807) is 12.1 Å². The predicted octanol–water partition coefficient (Wildman–Crippen LogP) is 4.01. The van der Waals surface area contributed by atoms with Crippen LogP contribution in [0.15, 0.2) is 48.5 Å². The van der Waals surface area contributed by atoms with Crippen LogP contribution in [0.5, 0.6) is 0 Å². The molecule has 4 heteroatoms. The van der Waals surface area contributed by atoms with Crippen LogP contribution in [0.3, 0.4) is 0 Å². The number of benzene rings is 2. The van der Waals surface area contributed by atoms with Gasteiger partial charge in [-0.05, 0) is 24.3 Å². The standard InChI is InChI=1S/C12H10Cl2N2/c13-9-5-1-3-7-11(9)16(15)12-8-4-2-6-10(12)14/h1-8H,15H2. The second kappa shape index (κ2) is 4.74. The van der Waals surface area contributed by atoms with Gasteiger partial charge in [-0.15, -0.1) is 0 Å². The van der Waals surface area contributed by atoms with E-state index in [9.17, 15) is 0 Å². The number of nitrogens with two attached hydrogens (primary N) is 1. The zero-order valence-corrected chi connectivity index (χ0v) is 9.91. The molecule has 0 radical (unpaired) electrons. The predicted molar refractivity (Wildman–Crippen MR) is 69.2 cm³/mol. The van der Waals surface area contributed by atoms with E-state index >= 15 is 0 Å². The molecule has 0 aromatic heterocycles. The Kier molecular flexibility index (Phi) is 3.34. The van der Waals surface area contributed by atoms with Crippen molar-refractivity contribution in [2.45, 2.75) is 0 Å². The molecule has 2 rings (SSSR count). The lowest BCUT2D eigenvalue weighted by Crippen LogP contribution is -2.25. The zero-order valence-electron chi connectivity index (χ0n) is 8.40. The highest BCUT2D eigenvalue weighted by molar-refractivity contribution is 6.34. The van der Waals surface area contributed by atoms with Gasteiger partial charge >= 0.3 is 0 Å². The maximum atomic E-state index is 6.06. The van der Waals surface area contributed by atoms with Gasteiger partial charge in [0.1, 0.15) is 0 Å². The number of anilines is 2. The van der Waals surface area contributed by atoms with Crippen LogP contribution in [-0.2, 0) is 0 Å². The first-order valence-electron chi connectivity index (χ1n) is 4.74. The first-order valence-corrected chi connectivity index (χ1v) is 5.49. The number of para-hydroxylation sites is 2. The molecular weight excluding hydrogens is 243 g/mol. The fourth-order valence-electron chi connectivity index (χ4n) is 1.42. The van der Waals surface area contributed by atoms with Gasteiger partial charge in [0.25, 0.3) is 0 Å². The lowest BCUT2D eigenvalue weighted by atomic mass is 10.2. The van der Waals surface area contributed by atoms with Gasteiger partial charge in [-0.25, -0.2) is 5.84 Å². The summed E-state index contributed by atoms with van der Waals surface area (Å²) < 4.78 is 0. The van der Waals surface area contributed by atoms with Crippen LogP contribution in [0, 0.1) is 0 Å². The molecule has 0 spiro atoms. The maximum absolute atomic E-state index is 6.06. The summed E-state index contributed by atoms with van der Waals surface area (Å²) in [6.07, 6.45) is 0. The topological polar surface area (TPSA) is 29.3 Å². The van der Waals surface area contributed by atoms with Crippen molar-refractivity contribution >= 4 is 34.6 Å². The molecule has 0 amide bonds. The molecule has 0 fully saturated rings. The smallest absolute Gasteiger partial charge is 0.0762 e. The van der Waals surface area contributed by atoms with Crippen LogP contribution in [0.2, 0.25) is 10.0 Å². The maximum Gasteiger partial charge on any atom is 0.0762 e. The molecule has 2 N–H and O–H groups in total.